The SMILES string of the molecule is CCN1CCCC1CNC(=O)c1cc(OC/C=C(\C)CCC=C(C)C)ccc1OC/C=C(\C)CCC=C(C)C. The van der Waals surface area contributed by atoms with Crippen molar-refractivity contribution in [3.8, 4) is 11.5 Å². The summed E-state index contributed by atoms with van der Waals surface area (Å²) in [4.78, 5) is 15.8. The molecular formula is C34H52N2O3. The Hall–Kier alpha value is -2.79. The highest BCUT2D eigenvalue weighted by Crippen LogP contribution is 2.25. The van der Waals surface area contributed by atoms with Gasteiger partial charge in [-0.3, -0.25) is 9.69 Å². The van der Waals surface area contributed by atoms with Crippen LogP contribution in [-0.2, 0) is 0 Å². The van der Waals surface area contributed by atoms with E-state index >= 15 is 0 Å². The number of likely N-dealkylation sites (N-methyl/N-ethyl adjacent to an activating group) is 1. The standard InChI is InChI=1S/C34H52N2O3/c1-8-36-21-11-16-30(36)25-35-34(37)32-24-31(38-22-19-28(6)14-9-12-26(2)3)17-18-33(32)39-23-20-29(7)15-10-13-27(4)5/h12-13,17-20,24,30H,8-11,14-16,21-23,25H2,1-7H3,(H,35,37)/b28-19+,29-20+. The lowest BCUT2D eigenvalue weighted by Gasteiger charge is -2.23. The van der Waals surface area contributed by atoms with Gasteiger partial charge in [-0.05, 0) is 124 Å². The summed E-state index contributed by atoms with van der Waals surface area (Å²) in [7, 11) is 0. The minimum Gasteiger partial charge on any atom is -0.490 e. The Bertz CT molecular complexity index is 1030. The monoisotopic (exact) mass is 536 g/mol. The second kappa shape index (κ2) is 17.7. The average Bonchev–Trinajstić information content (AvgIpc) is 3.35. The summed E-state index contributed by atoms with van der Waals surface area (Å²) >= 11 is 0. The molecular weight excluding hydrogens is 484 g/mol. The summed E-state index contributed by atoms with van der Waals surface area (Å²) < 4.78 is 12.1. The van der Waals surface area contributed by atoms with Gasteiger partial charge >= 0.3 is 0 Å². The maximum atomic E-state index is 13.3. The topological polar surface area (TPSA) is 50.8 Å². The number of carbonyl (C=O) groups is 1. The zero-order valence-electron chi connectivity index (χ0n) is 25.6. The number of likely N-dealkylation sites (tertiary alicyclic amines) is 1. The predicted molar refractivity (Wildman–Crippen MR) is 165 cm³/mol. The van der Waals surface area contributed by atoms with Crippen molar-refractivity contribution in [1.82, 2.24) is 10.2 Å². The summed E-state index contributed by atoms with van der Waals surface area (Å²) in [5.74, 6) is 1.14. The summed E-state index contributed by atoms with van der Waals surface area (Å²) in [6.07, 6.45) is 15.1. The van der Waals surface area contributed by atoms with Crippen molar-refractivity contribution in [2.45, 2.75) is 93.0 Å². The fourth-order valence-corrected chi connectivity index (χ4v) is 4.69. The van der Waals surface area contributed by atoms with E-state index in [9.17, 15) is 4.79 Å². The van der Waals surface area contributed by atoms with Crippen LogP contribution < -0.4 is 14.8 Å². The van der Waals surface area contributed by atoms with Gasteiger partial charge in [-0.25, -0.2) is 0 Å². The van der Waals surface area contributed by atoms with Crippen molar-refractivity contribution >= 4 is 5.91 Å². The highest BCUT2D eigenvalue weighted by atomic mass is 16.5. The lowest BCUT2D eigenvalue weighted by atomic mass is 10.1. The van der Waals surface area contributed by atoms with E-state index in [1.54, 1.807) is 0 Å². The number of hydrogen-bond donors (Lipinski definition) is 1. The van der Waals surface area contributed by atoms with Gasteiger partial charge in [0, 0.05) is 12.6 Å². The molecule has 39 heavy (non-hydrogen) atoms. The Kier molecular flexibility index (Phi) is 14.7. The number of ether oxygens (including phenoxy) is 2. The molecule has 0 radical (unpaired) electrons. The Labute approximate surface area is 238 Å². The first-order valence-electron chi connectivity index (χ1n) is 14.7. The van der Waals surface area contributed by atoms with Crippen molar-refractivity contribution in [2.24, 2.45) is 0 Å². The predicted octanol–water partition coefficient (Wildman–Crippen LogP) is 8.04. The molecule has 0 spiro atoms. The van der Waals surface area contributed by atoms with Crippen LogP contribution in [0.3, 0.4) is 0 Å². The van der Waals surface area contributed by atoms with Crippen molar-refractivity contribution in [3.05, 3.63) is 70.4 Å². The normalized spacial score (nSPS) is 16.1. The number of benzene rings is 1. The highest BCUT2D eigenvalue weighted by molar-refractivity contribution is 5.97. The van der Waals surface area contributed by atoms with E-state index in [4.69, 9.17) is 9.47 Å². The number of hydrogen-bond acceptors (Lipinski definition) is 4. The van der Waals surface area contributed by atoms with E-state index in [0.29, 0.717) is 42.9 Å². The number of carbonyl (C=O) groups excluding carboxylic acids is 1. The molecule has 216 valence electrons. The minimum absolute atomic E-state index is 0.115. The fraction of sp³-hybridized carbons (Fsp3) is 0.559. The third-order valence-electron chi connectivity index (χ3n) is 7.13. The third-order valence-corrected chi connectivity index (χ3v) is 7.13. The molecule has 1 aromatic rings. The van der Waals surface area contributed by atoms with Crippen LogP contribution in [0.5, 0.6) is 11.5 Å². The van der Waals surface area contributed by atoms with E-state index in [2.05, 4.69) is 83.0 Å². The molecule has 0 bridgehead atoms. The number of nitrogens with one attached hydrogen (secondary N) is 1. The molecule has 1 heterocycles. The molecule has 1 aliphatic heterocycles. The van der Waals surface area contributed by atoms with E-state index in [-0.39, 0.29) is 5.91 Å². The zero-order valence-corrected chi connectivity index (χ0v) is 25.6. The maximum Gasteiger partial charge on any atom is 0.255 e. The first-order valence-corrected chi connectivity index (χ1v) is 14.7. The number of amides is 1. The molecule has 2 rings (SSSR count). The smallest absolute Gasteiger partial charge is 0.255 e. The molecule has 1 saturated heterocycles. The summed E-state index contributed by atoms with van der Waals surface area (Å²) in [6.45, 7) is 18.6. The minimum atomic E-state index is -0.115. The van der Waals surface area contributed by atoms with E-state index in [1.165, 1.54) is 28.7 Å². The van der Waals surface area contributed by atoms with Gasteiger partial charge in [-0.1, -0.05) is 41.4 Å². The molecule has 1 atom stereocenters. The second-order valence-corrected chi connectivity index (χ2v) is 11.2. The van der Waals surface area contributed by atoms with Gasteiger partial charge in [0.2, 0.25) is 0 Å². The van der Waals surface area contributed by atoms with Crippen molar-refractivity contribution in [3.63, 3.8) is 0 Å². The average molecular weight is 537 g/mol. The van der Waals surface area contributed by atoms with Crippen LogP contribution in [0.15, 0.2) is 64.8 Å². The van der Waals surface area contributed by atoms with Gasteiger partial charge in [0.15, 0.2) is 0 Å². The third kappa shape index (κ3) is 12.7. The van der Waals surface area contributed by atoms with Gasteiger partial charge in [0.25, 0.3) is 5.91 Å². The van der Waals surface area contributed by atoms with E-state index < -0.39 is 0 Å². The Morgan fingerprint density at radius 1 is 0.923 bits per heavy atom. The Balaban J connectivity index is 2.07. The lowest BCUT2D eigenvalue weighted by Crippen LogP contribution is -2.40. The summed E-state index contributed by atoms with van der Waals surface area (Å²) in [5, 5.41) is 3.16. The molecule has 1 fully saturated rings. The molecule has 0 aliphatic carbocycles. The second-order valence-electron chi connectivity index (χ2n) is 11.2. The maximum absolute atomic E-state index is 13.3. The first kappa shape index (κ1) is 32.4. The number of nitrogens with zero attached hydrogens (tertiary/aromatic N) is 1. The lowest BCUT2D eigenvalue weighted by molar-refractivity contribution is 0.0937. The van der Waals surface area contributed by atoms with Gasteiger partial charge in [0.05, 0.1) is 5.56 Å². The zero-order chi connectivity index (χ0) is 28.6. The van der Waals surface area contributed by atoms with Crippen LogP contribution in [0.1, 0.15) is 97.3 Å². The van der Waals surface area contributed by atoms with Gasteiger partial charge < -0.3 is 14.8 Å². The summed E-state index contributed by atoms with van der Waals surface area (Å²) in [5.41, 5.74) is 5.79. The van der Waals surface area contributed by atoms with Crippen LogP contribution in [0.2, 0.25) is 0 Å². The Morgan fingerprint density at radius 2 is 1.54 bits per heavy atom. The molecule has 5 heteroatoms. The molecule has 1 amide bonds. The van der Waals surface area contributed by atoms with Crippen LogP contribution >= 0.6 is 0 Å². The number of allylic oxidation sites excluding steroid dienone is 6. The van der Waals surface area contributed by atoms with Gasteiger partial charge in [-0.2, -0.15) is 0 Å². The van der Waals surface area contributed by atoms with Gasteiger partial charge in [0.1, 0.15) is 24.7 Å². The largest absolute Gasteiger partial charge is 0.490 e. The molecule has 5 nitrogen and oxygen atoms in total. The Morgan fingerprint density at radius 3 is 2.13 bits per heavy atom. The summed E-state index contributed by atoms with van der Waals surface area (Å²) in [6, 6.07) is 5.96. The highest BCUT2D eigenvalue weighted by Gasteiger charge is 2.24. The van der Waals surface area contributed by atoms with Crippen LogP contribution in [0, 0.1) is 0 Å². The molecule has 1 aliphatic rings. The fourth-order valence-electron chi connectivity index (χ4n) is 4.69. The molecule has 1 unspecified atom stereocenters. The first-order chi connectivity index (χ1) is 18.7. The van der Waals surface area contributed by atoms with Crippen LogP contribution in [0.25, 0.3) is 0 Å². The van der Waals surface area contributed by atoms with Crippen molar-refractivity contribution < 1.29 is 14.3 Å². The molecule has 0 aromatic heterocycles. The van der Waals surface area contributed by atoms with E-state index in [0.717, 1.165) is 45.2 Å². The quantitative estimate of drug-likeness (QED) is 0.217. The number of rotatable bonds is 16. The van der Waals surface area contributed by atoms with Crippen LogP contribution in [-0.4, -0.2) is 49.7 Å². The molecule has 1 N–H and O–H groups in total. The van der Waals surface area contributed by atoms with Crippen LogP contribution in [0.4, 0.5) is 0 Å². The molecule has 0 saturated carbocycles. The van der Waals surface area contributed by atoms with Crippen molar-refractivity contribution in [1.29, 1.82) is 0 Å². The molecule has 1 aromatic carbocycles. The van der Waals surface area contributed by atoms with E-state index in [1.807, 2.05) is 18.2 Å². The van der Waals surface area contributed by atoms with Crippen molar-refractivity contribution in [2.75, 3.05) is 32.8 Å². The van der Waals surface area contributed by atoms with Gasteiger partial charge in [-0.15, -0.1) is 0 Å².